The van der Waals surface area contributed by atoms with Crippen molar-refractivity contribution in [2.24, 2.45) is 17.8 Å². The molecule has 1 aliphatic carbocycles. The predicted octanol–water partition coefficient (Wildman–Crippen LogP) is 5.91. The molecule has 54 heavy (non-hydrogen) atoms. The molecule has 1 saturated carbocycles. The van der Waals surface area contributed by atoms with Gasteiger partial charge in [0.25, 0.3) is 5.91 Å². The van der Waals surface area contributed by atoms with Gasteiger partial charge in [-0.15, -0.1) is 6.58 Å². The van der Waals surface area contributed by atoms with Crippen molar-refractivity contribution in [3.05, 3.63) is 70.8 Å². The van der Waals surface area contributed by atoms with Gasteiger partial charge in [-0.3, -0.25) is 14.6 Å². The Morgan fingerprint density at radius 3 is 2.74 bits per heavy atom. The van der Waals surface area contributed by atoms with Crippen LogP contribution in [0.15, 0.2) is 36.9 Å². The molecule has 2 bridgehead atoms. The van der Waals surface area contributed by atoms with E-state index in [1.54, 1.807) is 13.0 Å². The first-order chi connectivity index (χ1) is 26.0. The van der Waals surface area contributed by atoms with Crippen molar-refractivity contribution in [2.45, 2.75) is 88.7 Å². The highest BCUT2D eigenvalue weighted by atomic mass is 35.5. The summed E-state index contributed by atoms with van der Waals surface area (Å²) in [6.45, 7) is 16.3. The predicted molar refractivity (Wildman–Crippen MR) is 212 cm³/mol. The summed E-state index contributed by atoms with van der Waals surface area (Å²) < 4.78 is 49.2. The van der Waals surface area contributed by atoms with Crippen molar-refractivity contribution in [1.29, 1.82) is 0 Å². The van der Waals surface area contributed by atoms with Crippen LogP contribution in [-0.2, 0) is 32.5 Å². The minimum absolute atomic E-state index is 0.125. The Balaban J connectivity index is 1.25. The van der Waals surface area contributed by atoms with Gasteiger partial charge in [-0.05, 0) is 105 Å². The van der Waals surface area contributed by atoms with E-state index in [0.29, 0.717) is 48.3 Å². The lowest BCUT2D eigenvalue weighted by molar-refractivity contribution is -0.150. The first-order valence-electron chi connectivity index (χ1n) is 20.0. The topological polar surface area (TPSA) is 101 Å². The van der Waals surface area contributed by atoms with Crippen LogP contribution in [0.3, 0.4) is 0 Å². The van der Waals surface area contributed by atoms with E-state index in [0.717, 1.165) is 115 Å². The van der Waals surface area contributed by atoms with Gasteiger partial charge in [-0.25, -0.2) is 13.1 Å². The fourth-order valence-electron chi connectivity index (χ4n) is 9.41. The highest BCUT2D eigenvalue weighted by Gasteiger charge is 2.50. The number of hydrogen-bond donors (Lipinski definition) is 1. The van der Waals surface area contributed by atoms with Crippen molar-refractivity contribution < 1.29 is 27.4 Å². The monoisotopic (exact) mass is 780 g/mol. The highest BCUT2D eigenvalue weighted by molar-refractivity contribution is 7.90. The van der Waals surface area contributed by atoms with Gasteiger partial charge in [-0.1, -0.05) is 43.2 Å². The van der Waals surface area contributed by atoms with Crippen molar-refractivity contribution in [2.75, 3.05) is 70.5 Å². The van der Waals surface area contributed by atoms with Gasteiger partial charge >= 0.3 is 0 Å². The molecule has 10 nitrogen and oxygen atoms in total. The third-order valence-electron chi connectivity index (χ3n) is 12.9. The molecule has 1 amide bonds. The van der Waals surface area contributed by atoms with Gasteiger partial charge in [-0.2, -0.15) is 0 Å². The number of carbonyl (C=O) groups excluding carboxylic acids is 1. The number of anilines is 1. The zero-order valence-corrected chi connectivity index (χ0v) is 33.6. The molecule has 0 unspecified atom stereocenters. The van der Waals surface area contributed by atoms with Gasteiger partial charge < -0.3 is 19.1 Å². The molecule has 0 spiro atoms. The van der Waals surface area contributed by atoms with Gasteiger partial charge in [0.1, 0.15) is 6.61 Å². The number of nitrogens with one attached hydrogen (secondary N) is 1. The minimum Gasteiger partial charge on any atom is -0.479 e. The number of amides is 1. The number of piperazine rings is 1. The fourth-order valence-corrected chi connectivity index (χ4v) is 10.9. The number of fused-ring (bicyclic) bond motifs is 4. The van der Waals surface area contributed by atoms with E-state index in [9.17, 15) is 13.2 Å². The quantitative estimate of drug-likeness (QED) is 0.371. The van der Waals surface area contributed by atoms with E-state index < -0.39 is 26.8 Å². The van der Waals surface area contributed by atoms with Crippen molar-refractivity contribution in [3.8, 4) is 5.75 Å². The summed E-state index contributed by atoms with van der Waals surface area (Å²) in [5.41, 5.74) is 2.65. The molecule has 2 saturated heterocycles. The maximum atomic E-state index is 13.7. The molecule has 4 heterocycles. The van der Waals surface area contributed by atoms with Crippen LogP contribution in [0.1, 0.15) is 80.3 Å². The summed E-state index contributed by atoms with van der Waals surface area (Å²) in [5, 5.41) is -0.0672. The largest absolute Gasteiger partial charge is 0.479 e. The van der Waals surface area contributed by atoms with Crippen LogP contribution in [0.5, 0.6) is 5.75 Å². The lowest BCUT2D eigenvalue weighted by Crippen LogP contribution is -2.63. The number of nitrogens with zero attached hydrogens (tertiary/aromatic N) is 3. The second-order valence-corrected chi connectivity index (χ2v) is 18.8. The third-order valence-corrected chi connectivity index (χ3v) is 15.1. The number of rotatable bonds is 5. The number of aryl methyl sites for hydroxylation is 1. The fraction of sp³-hybridized carbons (Fsp3) is 0.643. The number of halogens is 1. The standard InChI is InChI=1S/C42H57ClN4O6S/c1-4-21-53-42(29-45-18-19-46-20-22-51-28-37(46)26-45)16-7-8-30(2)31(3)54(49,50)44-41(48)33-12-15-40-39(24-33)47(25-34-11-14-38(34)42)17-6-5-9-32-23-36(43)13-10-35(32)27-52-40/h4,10,13,23-24,30-31,34,37-38H,1,5-9,11,14,16-22,25-29H2,2-3H3,(H,44,48)/t30-,31+,34-,37-,38+,42-/m0/s1. The summed E-state index contributed by atoms with van der Waals surface area (Å²) in [6, 6.07) is 14.1. The maximum absolute atomic E-state index is 13.7. The van der Waals surface area contributed by atoms with Gasteiger partial charge in [0.15, 0.2) is 5.75 Å². The SMILES string of the molecule is C=CCO[C@]1(CN2CCN3CCOC[C@@H]3C2)CCC[C@H](C)[C@@H](C)S(=O)(=O)NC(=O)c2c#cc3c(c2)N(CCCCc2cc(Cl)ccc2CO3)C[C@@H]2CC[C@H]21. The number of hydrogen-bond acceptors (Lipinski definition) is 9. The van der Waals surface area contributed by atoms with Crippen LogP contribution in [0.2, 0.25) is 5.02 Å². The summed E-state index contributed by atoms with van der Waals surface area (Å²) in [5.74, 6) is 0.256. The highest BCUT2D eigenvalue weighted by Crippen LogP contribution is 2.48. The Labute approximate surface area is 327 Å². The molecule has 1 N–H and O–H groups in total. The molecular formula is C42H57ClN4O6S. The van der Waals surface area contributed by atoms with E-state index >= 15 is 0 Å². The Morgan fingerprint density at radius 1 is 1.06 bits per heavy atom. The molecule has 7 rings (SSSR count). The van der Waals surface area contributed by atoms with Gasteiger partial charge in [0.05, 0.1) is 41.9 Å². The number of benzene rings is 1. The number of ether oxygens (including phenoxy) is 3. The summed E-state index contributed by atoms with van der Waals surface area (Å²) in [7, 11) is -3.98. The zero-order chi connectivity index (χ0) is 37.9. The summed E-state index contributed by atoms with van der Waals surface area (Å²) in [4.78, 5) is 21.1. The average Bonchev–Trinajstić information content (AvgIpc) is 3.17. The Morgan fingerprint density at radius 2 is 1.93 bits per heavy atom. The van der Waals surface area contributed by atoms with Crippen LogP contribution >= 0.6 is 11.6 Å². The van der Waals surface area contributed by atoms with E-state index in [1.165, 1.54) is 5.56 Å². The number of sulfonamides is 1. The molecule has 2 aromatic carbocycles. The lowest BCUT2D eigenvalue weighted by Gasteiger charge is -2.54. The zero-order valence-electron chi connectivity index (χ0n) is 32.0. The third kappa shape index (κ3) is 8.75. The van der Waals surface area contributed by atoms with Crippen LogP contribution < -0.4 is 14.4 Å². The van der Waals surface area contributed by atoms with E-state index in [2.05, 4.69) is 38.1 Å². The second kappa shape index (κ2) is 17.1. The molecule has 3 fully saturated rings. The van der Waals surface area contributed by atoms with Crippen molar-refractivity contribution in [1.82, 2.24) is 14.5 Å². The smallest absolute Gasteiger partial charge is 0.273 e. The molecule has 0 aromatic heterocycles. The first-order valence-corrected chi connectivity index (χ1v) is 22.0. The average molecular weight is 781 g/mol. The summed E-state index contributed by atoms with van der Waals surface area (Å²) >= 11 is 6.41. The molecule has 12 heteroatoms. The van der Waals surface area contributed by atoms with Crippen LogP contribution in [0.4, 0.5) is 5.69 Å². The number of morpholine rings is 1. The maximum Gasteiger partial charge on any atom is 0.273 e. The van der Waals surface area contributed by atoms with E-state index in [1.807, 2.05) is 31.2 Å². The minimum atomic E-state index is -3.98. The van der Waals surface area contributed by atoms with E-state index in [-0.39, 0.29) is 11.5 Å². The van der Waals surface area contributed by atoms with Crippen LogP contribution in [0, 0.1) is 29.9 Å². The second-order valence-electron chi connectivity index (χ2n) is 16.3. The van der Waals surface area contributed by atoms with Crippen molar-refractivity contribution >= 4 is 33.2 Å². The molecule has 2 aromatic rings. The van der Waals surface area contributed by atoms with Crippen molar-refractivity contribution in [3.63, 3.8) is 0 Å². The van der Waals surface area contributed by atoms with Crippen LogP contribution in [-0.4, -0.2) is 107 Å². The Kier molecular flexibility index (Phi) is 12.5. The normalized spacial score (nSPS) is 31.1. The van der Waals surface area contributed by atoms with E-state index in [4.69, 9.17) is 25.8 Å². The van der Waals surface area contributed by atoms with Gasteiger partial charge in [0, 0.05) is 56.9 Å². The summed E-state index contributed by atoms with van der Waals surface area (Å²) in [6.07, 6.45) is 9.09. The molecule has 4 aliphatic heterocycles. The molecular weight excluding hydrogens is 724 g/mol. The Bertz CT molecular complexity index is 1760. The number of carbonyl (C=O) groups is 1. The van der Waals surface area contributed by atoms with Gasteiger partial charge in [0.2, 0.25) is 10.0 Å². The van der Waals surface area contributed by atoms with Crippen LogP contribution in [0.25, 0.3) is 0 Å². The first kappa shape index (κ1) is 39.4. The lowest BCUT2D eigenvalue weighted by atomic mass is 9.62. The molecule has 294 valence electrons. The molecule has 5 aliphatic rings. The molecule has 0 radical (unpaired) electrons. The Hall–Kier alpha value is -2.85. The molecule has 6 atom stereocenters.